The Balaban J connectivity index is 1.04. The third-order valence-electron chi connectivity index (χ3n) is 16.4. The smallest absolute Gasteiger partial charge is 0.335 e. The summed E-state index contributed by atoms with van der Waals surface area (Å²) in [5.74, 6) is -5.88. The van der Waals surface area contributed by atoms with Crippen LogP contribution in [-0.4, -0.2) is 121 Å². The van der Waals surface area contributed by atoms with Gasteiger partial charge in [-0.2, -0.15) is 0 Å². The number of carbonyl (C=O) groups excluding carboxylic acids is 9. The average Bonchev–Trinajstić information content (AvgIpc) is 2.37. The van der Waals surface area contributed by atoms with Crippen molar-refractivity contribution in [3.63, 3.8) is 0 Å². The molecule has 10 atom stereocenters. The molecule has 22 heteroatoms. The molecule has 2 fully saturated rings. The van der Waals surface area contributed by atoms with Crippen molar-refractivity contribution < 1.29 is 71.9 Å². The van der Waals surface area contributed by atoms with E-state index < -0.39 is 112 Å². The summed E-state index contributed by atoms with van der Waals surface area (Å²) in [6.07, 6.45) is 9.86. The minimum Gasteiger partial charge on any atom is -0.463 e. The van der Waals surface area contributed by atoms with Gasteiger partial charge in [0, 0.05) is 42.3 Å². The zero-order chi connectivity index (χ0) is 59.5. The first-order valence-electron chi connectivity index (χ1n) is 28.2. The third kappa shape index (κ3) is 15.2. The second-order valence-electron chi connectivity index (χ2n) is 23.6. The van der Waals surface area contributed by atoms with Gasteiger partial charge < -0.3 is 66.8 Å². The maximum absolute atomic E-state index is 14.4. The van der Waals surface area contributed by atoms with Crippen molar-refractivity contribution >= 4 is 59.2 Å². The number of primary amides is 1. The number of rotatable bonds is 23. The van der Waals surface area contributed by atoms with E-state index in [0.717, 1.165) is 30.6 Å². The molecule has 81 heavy (non-hydrogen) atoms. The molecule has 6 rings (SSSR count). The first-order valence-corrected chi connectivity index (χ1v) is 28.2. The van der Waals surface area contributed by atoms with Crippen molar-refractivity contribution in [1.82, 2.24) is 21.3 Å². The number of hydrogen-bond donors (Lipinski definition) is 8. The van der Waals surface area contributed by atoms with E-state index in [-0.39, 0.29) is 76.1 Å². The molecule has 1 aromatic carbocycles. The quantitative estimate of drug-likeness (QED) is 0.0324. The highest BCUT2D eigenvalue weighted by Crippen LogP contribution is 2.81. The Morgan fingerprint density at radius 3 is 2.30 bits per heavy atom. The van der Waals surface area contributed by atoms with Crippen molar-refractivity contribution in [2.45, 2.75) is 169 Å². The molecule has 10 N–H and O–H groups in total. The first kappa shape index (κ1) is 63.3. The van der Waals surface area contributed by atoms with Gasteiger partial charge in [0.1, 0.15) is 48.8 Å². The molecular weight excluding hydrogens is 1050 g/mol. The van der Waals surface area contributed by atoms with Crippen molar-refractivity contribution in [3.05, 3.63) is 77.1 Å². The third-order valence-corrected chi connectivity index (χ3v) is 16.4. The molecule has 1 aromatic rings. The lowest BCUT2D eigenvalue weighted by Crippen LogP contribution is -2.66. The molecular formula is C59H83N7O15. The highest BCUT2D eigenvalue weighted by atomic mass is 16.6. The van der Waals surface area contributed by atoms with Crippen LogP contribution < -0.4 is 38.1 Å². The van der Waals surface area contributed by atoms with E-state index in [9.17, 15) is 48.3 Å². The zero-order valence-corrected chi connectivity index (χ0v) is 47.9. The summed E-state index contributed by atoms with van der Waals surface area (Å²) in [6.45, 7) is 14.7. The number of aliphatic hydroxyl groups is 1. The Hall–Kier alpha value is -6.91. The summed E-state index contributed by atoms with van der Waals surface area (Å²) < 4.78 is 29.5. The standard InChI is InChI=1S/C59H83N7O15/c1-34(2)47(65-42(67)16-10-9-13-26-60)53(73)64-40(15-14-27-62-55(61)75)52(72)63-39-21-19-38(20-22-39)32-78-45(70)31-56(6,7)30-37(5)51(71)66-48-36(4)24-28-77-43(68)17-11-12-18-44(69)81-49-46-50-59(46,76)57(49,8)58(33-79-54(48)74)25-23-35(3)29-41(58)80-50/h11-12,17-22,29,34,36-37,40-41,47-48,50,76H,9-10,13-16,23-28,30-33,60H2,1-8H3,(H,63,72)(H,64,73)(H,65,67)(H,66,71)(H3,61,62,75)/b17-11+,18-12-/t36-,37?,40+,41-,47?,48?,50?,57?,58-,59+/m1/s1. The number of esters is 4. The highest BCUT2D eigenvalue weighted by Gasteiger charge is 2.90. The van der Waals surface area contributed by atoms with Gasteiger partial charge in [-0.05, 0) is 107 Å². The van der Waals surface area contributed by atoms with Gasteiger partial charge in [0.2, 0.25) is 23.6 Å². The minimum atomic E-state index is -1.43. The van der Waals surface area contributed by atoms with E-state index in [1.165, 1.54) is 12.2 Å². The van der Waals surface area contributed by atoms with Gasteiger partial charge in [-0.15, -0.1) is 0 Å². The molecule has 444 valence electrons. The lowest BCUT2D eigenvalue weighted by molar-refractivity contribution is -0.234. The number of carbonyl (C=O) groups is 9. The number of benzene rings is 1. The highest BCUT2D eigenvalue weighted by molar-refractivity contribution is 5.98. The maximum Gasteiger partial charge on any atom is 0.335 e. The van der Waals surface area contributed by atoms with Crippen LogP contribution in [-0.2, 0) is 68.6 Å². The number of hydrogen-bond acceptors (Lipinski definition) is 16. The number of nitrogens with two attached hydrogens (primary N) is 2. The van der Waals surface area contributed by atoms with Crippen molar-refractivity contribution in [1.29, 1.82) is 0 Å². The molecule has 1 saturated carbocycles. The van der Waals surface area contributed by atoms with Crippen molar-refractivity contribution in [2.75, 3.05) is 31.6 Å². The van der Waals surface area contributed by atoms with Gasteiger partial charge in [0.05, 0.1) is 30.0 Å². The first-order chi connectivity index (χ1) is 38.3. The van der Waals surface area contributed by atoms with Gasteiger partial charge >= 0.3 is 29.9 Å². The molecule has 2 aliphatic heterocycles. The number of cyclic esters (lactones) is 2. The topological polar surface area (TPSA) is 332 Å². The van der Waals surface area contributed by atoms with Crippen LogP contribution in [0.3, 0.4) is 0 Å². The van der Waals surface area contributed by atoms with E-state index in [1.807, 2.05) is 26.8 Å². The van der Waals surface area contributed by atoms with E-state index in [0.29, 0.717) is 49.1 Å². The van der Waals surface area contributed by atoms with Gasteiger partial charge in [0.15, 0.2) is 0 Å². The van der Waals surface area contributed by atoms with Crippen LogP contribution in [0.4, 0.5) is 10.5 Å². The lowest BCUT2D eigenvalue weighted by Gasteiger charge is -2.59. The van der Waals surface area contributed by atoms with Crippen LogP contribution in [0.1, 0.15) is 132 Å². The molecule has 0 aromatic heterocycles. The maximum atomic E-state index is 14.4. The molecule has 1 saturated heterocycles. The Bertz CT molecular complexity index is 2670. The molecule has 6 amide bonds. The van der Waals surface area contributed by atoms with Gasteiger partial charge in [-0.1, -0.05) is 83.9 Å². The Morgan fingerprint density at radius 2 is 1.62 bits per heavy atom. The molecule has 1 spiro atoms. The molecule has 3 aliphatic carbocycles. The van der Waals surface area contributed by atoms with E-state index in [4.69, 9.17) is 35.2 Å². The fourth-order valence-corrected chi connectivity index (χ4v) is 11.6. The summed E-state index contributed by atoms with van der Waals surface area (Å²) >= 11 is 0. The van der Waals surface area contributed by atoms with Gasteiger partial charge in [-0.3, -0.25) is 24.0 Å². The van der Waals surface area contributed by atoms with Crippen LogP contribution in [0.25, 0.3) is 0 Å². The summed E-state index contributed by atoms with van der Waals surface area (Å²) in [5, 5.41) is 25.7. The number of anilines is 1. The van der Waals surface area contributed by atoms with Crippen molar-refractivity contribution in [3.8, 4) is 0 Å². The number of amides is 6. The van der Waals surface area contributed by atoms with Crippen LogP contribution in [0, 0.1) is 34.0 Å². The van der Waals surface area contributed by atoms with Crippen LogP contribution in [0.2, 0.25) is 0 Å². The van der Waals surface area contributed by atoms with Crippen LogP contribution >= 0.6 is 0 Å². The van der Waals surface area contributed by atoms with E-state index in [1.54, 1.807) is 58.9 Å². The largest absolute Gasteiger partial charge is 0.463 e. The van der Waals surface area contributed by atoms with E-state index in [2.05, 4.69) is 26.6 Å². The number of unbranched alkanes of at least 4 members (excludes halogenated alkanes) is 2. The Labute approximate surface area is 473 Å². The minimum absolute atomic E-state index is 0.0624. The fraction of sp³-hybridized carbons (Fsp3) is 0.610. The fourth-order valence-electron chi connectivity index (χ4n) is 11.6. The predicted octanol–water partition coefficient (Wildman–Crippen LogP) is 4.48. The molecule has 2 heterocycles. The number of ether oxygens (including phenoxy) is 5. The number of nitrogens with one attached hydrogen (secondary N) is 5. The normalized spacial score (nSPS) is 27.2. The summed E-state index contributed by atoms with van der Waals surface area (Å²) in [7, 11) is 0. The zero-order valence-electron chi connectivity index (χ0n) is 47.9. The monoisotopic (exact) mass is 1130 g/mol. The summed E-state index contributed by atoms with van der Waals surface area (Å²) in [6, 6.07) is 2.67. The molecule has 5 unspecified atom stereocenters. The van der Waals surface area contributed by atoms with Crippen molar-refractivity contribution in [2.24, 2.45) is 45.5 Å². The average molecular weight is 1130 g/mol. The van der Waals surface area contributed by atoms with Crippen LogP contribution in [0.15, 0.2) is 71.6 Å². The van der Waals surface area contributed by atoms with Gasteiger partial charge in [-0.25, -0.2) is 19.2 Å². The molecule has 0 radical (unpaired) electrons. The van der Waals surface area contributed by atoms with Gasteiger partial charge in [0.25, 0.3) is 0 Å². The summed E-state index contributed by atoms with van der Waals surface area (Å²) in [4.78, 5) is 119. The summed E-state index contributed by atoms with van der Waals surface area (Å²) in [5.41, 5.74) is 8.87. The second-order valence-corrected chi connectivity index (χ2v) is 23.6. The molecule has 0 bridgehead atoms. The van der Waals surface area contributed by atoms with E-state index >= 15 is 0 Å². The van der Waals surface area contributed by atoms with Crippen LogP contribution in [0.5, 0.6) is 0 Å². The Morgan fingerprint density at radius 1 is 0.914 bits per heavy atom. The molecule has 22 nitrogen and oxygen atoms in total. The SMILES string of the molecule is CC1=C[C@H]2OC3C4=C5OC(=O)/C=C\C=C\C(=O)OCC[C@@H](C)C(NC(=O)C(C)CC(C)(C)CC(=O)OCc6ccc(NC(=O)[C@H](CCCNC(N)=O)NC(=O)C(NC(=O)CCCCCN)C(C)C)cc6)C(=O)OC[C@@]2(CC1)C5(C)[C@]43O. The second kappa shape index (κ2) is 27.2. The Kier molecular flexibility index (Phi) is 21.3. The lowest BCUT2D eigenvalue weighted by atomic mass is 9.49. The number of allylic oxidation sites excluding steroid dienone is 3. The predicted molar refractivity (Wildman–Crippen MR) is 296 cm³/mol. The number of urea groups is 1. The number of fused-ring (bicyclic) bond motifs is 1. The molecule has 5 aliphatic rings.